The van der Waals surface area contributed by atoms with Gasteiger partial charge in [-0.3, -0.25) is 10.0 Å². The SMILES string of the molecule is CCC(CC)(c1ccc(OCCCCC(=O)NO)cc1)c1ccc(OCCC(C)(C)C)c(C)c1. The molecule has 0 aliphatic carbocycles. The van der Waals surface area contributed by atoms with Crippen molar-refractivity contribution in [1.82, 2.24) is 5.48 Å². The van der Waals surface area contributed by atoms with Gasteiger partial charge in [-0.2, -0.15) is 0 Å². The Balaban J connectivity index is 2.08. The van der Waals surface area contributed by atoms with E-state index < -0.39 is 0 Å². The molecule has 0 saturated carbocycles. The maximum absolute atomic E-state index is 11.1. The van der Waals surface area contributed by atoms with Gasteiger partial charge in [-0.1, -0.05) is 58.9 Å². The maximum Gasteiger partial charge on any atom is 0.243 e. The molecule has 5 heteroatoms. The molecule has 34 heavy (non-hydrogen) atoms. The fourth-order valence-electron chi connectivity index (χ4n) is 4.31. The van der Waals surface area contributed by atoms with Crippen molar-refractivity contribution < 1.29 is 19.5 Å². The molecule has 2 aromatic rings. The lowest BCUT2D eigenvalue weighted by Gasteiger charge is -2.34. The predicted octanol–water partition coefficient (Wildman–Crippen LogP) is 6.97. The zero-order valence-electron chi connectivity index (χ0n) is 21.9. The van der Waals surface area contributed by atoms with Gasteiger partial charge in [-0.15, -0.1) is 0 Å². The second kappa shape index (κ2) is 12.8. The van der Waals surface area contributed by atoms with Gasteiger partial charge in [0.2, 0.25) is 5.91 Å². The van der Waals surface area contributed by atoms with Gasteiger partial charge in [0.05, 0.1) is 13.2 Å². The average Bonchev–Trinajstić information content (AvgIpc) is 2.81. The van der Waals surface area contributed by atoms with Crippen LogP contribution in [0.25, 0.3) is 0 Å². The summed E-state index contributed by atoms with van der Waals surface area (Å²) in [5.74, 6) is 1.43. The third-order valence-corrected chi connectivity index (χ3v) is 6.64. The highest BCUT2D eigenvalue weighted by molar-refractivity contribution is 5.74. The molecule has 5 nitrogen and oxygen atoms in total. The third kappa shape index (κ3) is 7.76. The van der Waals surface area contributed by atoms with Crippen LogP contribution >= 0.6 is 0 Å². The van der Waals surface area contributed by atoms with Gasteiger partial charge in [-0.05, 0) is 79.3 Å². The highest BCUT2D eigenvalue weighted by Crippen LogP contribution is 2.40. The van der Waals surface area contributed by atoms with Crippen LogP contribution in [0.2, 0.25) is 0 Å². The summed E-state index contributed by atoms with van der Waals surface area (Å²) in [4.78, 5) is 11.1. The first-order valence-corrected chi connectivity index (χ1v) is 12.6. The molecule has 0 fully saturated rings. The van der Waals surface area contributed by atoms with Gasteiger partial charge < -0.3 is 9.47 Å². The average molecular weight is 470 g/mol. The van der Waals surface area contributed by atoms with Crippen LogP contribution in [0.3, 0.4) is 0 Å². The van der Waals surface area contributed by atoms with Crippen LogP contribution in [0.15, 0.2) is 42.5 Å². The van der Waals surface area contributed by atoms with E-state index in [1.165, 1.54) is 16.7 Å². The van der Waals surface area contributed by atoms with Gasteiger partial charge in [0.1, 0.15) is 11.5 Å². The highest BCUT2D eigenvalue weighted by Gasteiger charge is 2.31. The third-order valence-electron chi connectivity index (χ3n) is 6.64. The van der Waals surface area contributed by atoms with Crippen LogP contribution in [0.5, 0.6) is 11.5 Å². The van der Waals surface area contributed by atoms with Gasteiger partial charge >= 0.3 is 0 Å². The number of nitrogens with one attached hydrogen (secondary N) is 1. The second-order valence-corrected chi connectivity index (χ2v) is 10.3. The van der Waals surface area contributed by atoms with Crippen LogP contribution in [-0.2, 0) is 10.2 Å². The van der Waals surface area contributed by atoms with Gasteiger partial charge in [0, 0.05) is 11.8 Å². The fourth-order valence-corrected chi connectivity index (χ4v) is 4.31. The van der Waals surface area contributed by atoms with E-state index in [-0.39, 0.29) is 16.7 Å². The van der Waals surface area contributed by atoms with Gasteiger partial charge in [-0.25, -0.2) is 5.48 Å². The number of hydroxylamine groups is 1. The number of carbonyl (C=O) groups excluding carboxylic acids is 1. The molecule has 0 aliphatic rings. The molecule has 0 unspecified atom stereocenters. The largest absolute Gasteiger partial charge is 0.494 e. The molecule has 2 rings (SSSR count). The molecule has 0 aromatic heterocycles. The second-order valence-electron chi connectivity index (χ2n) is 10.3. The first kappa shape index (κ1) is 27.7. The van der Waals surface area contributed by atoms with Crippen LogP contribution in [0, 0.1) is 12.3 Å². The first-order valence-electron chi connectivity index (χ1n) is 12.6. The number of benzene rings is 2. The fraction of sp³-hybridized carbons (Fsp3) is 0.552. The molecular weight excluding hydrogens is 426 g/mol. The molecule has 2 aromatic carbocycles. The van der Waals surface area contributed by atoms with Gasteiger partial charge in [0.15, 0.2) is 0 Å². The van der Waals surface area contributed by atoms with Crippen molar-refractivity contribution >= 4 is 5.91 Å². The van der Waals surface area contributed by atoms with E-state index in [0.717, 1.165) is 43.8 Å². The lowest BCUT2D eigenvalue weighted by Crippen LogP contribution is -2.26. The maximum atomic E-state index is 11.1. The Labute approximate surface area is 205 Å². The lowest BCUT2D eigenvalue weighted by molar-refractivity contribution is -0.129. The number of unbranched alkanes of at least 4 members (excludes halogenated alkanes) is 1. The van der Waals surface area contributed by atoms with Crippen molar-refractivity contribution in [3.63, 3.8) is 0 Å². The molecule has 1 amide bonds. The highest BCUT2D eigenvalue weighted by atomic mass is 16.5. The number of hydrogen-bond acceptors (Lipinski definition) is 4. The van der Waals surface area contributed by atoms with Crippen LogP contribution < -0.4 is 15.0 Å². The lowest BCUT2D eigenvalue weighted by atomic mass is 9.70. The number of rotatable bonds is 13. The smallest absolute Gasteiger partial charge is 0.243 e. The Kier molecular flexibility index (Phi) is 10.4. The Morgan fingerprint density at radius 1 is 0.912 bits per heavy atom. The van der Waals surface area contributed by atoms with Crippen molar-refractivity contribution in [3.05, 3.63) is 59.2 Å². The zero-order chi connectivity index (χ0) is 25.2. The number of ether oxygens (including phenoxy) is 2. The van der Waals surface area contributed by atoms with E-state index in [0.29, 0.717) is 19.4 Å². The molecule has 0 bridgehead atoms. The summed E-state index contributed by atoms with van der Waals surface area (Å²) in [5, 5.41) is 8.54. The summed E-state index contributed by atoms with van der Waals surface area (Å²) < 4.78 is 11.9. The number of hydrogen-bond donors (Lipinski definition) is 2. The quantitative estimate of drug-likeness (QED) is 0.189. The Hall–Kier alpha value is -2.53. The molecule has 0 saturated heterocycles. The molecule has 2 N–H and O–H groups in total. The Bertz CT molecular complexity index is 895. The van der Waals surface area contributed by atoms with Crippen molar-refractivity contribution in [2.24, 2.45) is 5.41 Å². The van der Waals surface area contributed by atoms with E-state index in [2.05, 4.69) is 71.9 Å². The summed E-state index contributed by atoms with van der Waals surface area (Å²) in [6, 6.07) is 15.0. The van der Waals surface area contributed by atoms with Crippen LogP contribution in [0.1, 0.15) is 89.8 Å². The van der Waals surface area contributed by atoms with Crippen LogP contribution in [-0.4, -0.2) is 24.3 Å². The van der Waals surface area contributed by atoms with E-state index >= 15 is 0 Å². The van der Waals surface area contributed by atoms with E-state index in [1.807, 2.05) is 12.1 Å². The van der Waals surface area contributed by atoms with Crippen molar-refractivity contribution in [1.29, 1.82) is 0 Å². The van der Waals surface area contributed by atoms with E-state index in [4.69, 9.17) is 14.7 Å². The predicted molar refractivity (Wildman–Crippen MR) is 138 cm³/mol. The Morgan fingerprint density at radius 2 is 1.56 bits per heavy atom. The van der Waals surface area contributed by atoms with Crippen molar-refractivity contribution in [2.75, 3.05) is 13.2 Å². The molecule has 0 radical (unpaired) electrons. The van der Waals surface area contributed by atoms with Crippen molar-refractivity contribution in [2.45, 2.75) is 85.5 Å². The van der Waals surface area contributed by atoms with E-state index in [1.54, 1.807) is 5.48 Å². The monoisotopic (exact) mass is 469 g/mol. The topological polar surface area (TPSA) is 67.8 Å². The summed E-state index contributed by atoms with van der Waals surface area (Å²) in [6.45, 7) is 14.6. The first-order chi connectivity index (χ1) is 16.1. The minimum atomic E-state index is -0.362. The molecular formula is C29H43NO4. The molecule has 0 spiro atoms. The van der Waals surface area contributed by atoms with E-state index in [9.17, 15) is 4.79 Å². The standard InChI is InChI=1S/C29H43NO4/c1-7-29(8-2,24-14-17-26(22(3)21-24)34-20-18-28(4,5)6)23-12-15-25(16-13-23)33-19-10-9-11-27(31)30-32/h12-17,21,32H,7-11,18-20H2,1-6H3,(H,30,31). The normalized spacial score (nSPS) is 11.9. The Morgan fingerprint density at radius 3 is 2.12 bits per heavy atom. The van der Waals surface area contributed by atoms with Crippen LogP contribution in [0.4, 0.5) is 0 Å². The summed E-state index contributed by atoms with van der Waals surface area (Å²) in [5.41, 5.74) is 5.62. The molecule has 0 heterocycles. The molecule has 0 aliphatic heterocycles. The zero-order valence-corrected chi connectivity index (χ0v) is 21.9. The number of aryl methyl sites for hydroxylation is 1. The molecule has 0 atom stereocenters. The molecule has 188 valence electrons. The summed E-state index contributed by atoms with van der Waals surface area (Å²) in [7, 11) is 0. The number of carbonyl (C=O) groups is 1. The van der Waals surface area contributed by atoms with Gasteiger partial charge in [0.25, 0.3) is 0 Å². The van der Waals surface area contributed by atoms with Crippen molar-refractivity contribution in [3.8, 4) is 11.5 Å². The minimum Gasteiger partial charge on any atom is -0.494 e. The number of amides is 1. The minimum absolute atomic E-state index is 0.0646. The summed E-state index contributed by atoms with van der Waals surface area (Å²) >= 11 is 0. The summed E-state index contributed by atoms with van der Waals surface area (Å²) in [6.07, 6.45) is 4.75.